The first kappa shape index (κ1) is 12.8. The first-order valence-electron chi connectivity index (χ1n) is 7.00. The fourth-order valence-corrected chi connectivity index (χ4v) is 2.56. The van der Waals surface area contributed by atoms with Crippen molar-refractivity contribution in [2.75, 3.05) is 11.9 Å². The molecule has 1 amide bonds. The van der Waals surface area contributed by atoms with Crippen LogP contribution in [0.1, 0.15) is 32.1 Å². The van der Waals surface area contributed by atoms with Gasteiger partial charge < -0.3 is 15.6 Å². The molecule has 1 aliphatic carbocycles. The zero-order valence-electron chi connectivity index (χ0n) is 11.2. The summed E-state index contributed by atoms with van der Waals surface area (Å²) < 4.78 is 0. The average molecular weight is 274 g/mol. The Morgan fingerprint density at radius 1 is 1.30 bits per heavy atom. The lowest BCUT2D eigenvalue weighted by molar-refractivity contribution is -0.121. The summed E-state index contributed by atoms with van der Waals surface area (Å²) >= 11 is 0. The van der Waals surface area contributed by atoms with Crippen LogP contribution in [0.15, 0.2) is 12.7 Å². The van der Waals surface area contributed by atoms with E-state index < -0.39 is 0 Å². The molecule has 20 heavy (non-hydrogen) atoms. The summed E-state index contributed by atoms with van der Waals surface area (Å²) in [5.74, 6) is 0.778. The van der Waals surface area contributed by atoms with Crippen molar-refractivity contribution >= 4 is 22.9 Å². The van der Waals surface area contributed by atoms with Crippen molar-refractivity contribution in [2.45, 2.75) is 38.1 Å². The third-order valence-corrected chi connectivity index (χ3v) is 3.59. The Labute approximate surface area is 116 Å². The predicted molar refractivity (Wildman–Crippen MR) is 75.2 cm³/mol. The number of fused-ring (bicyclic) bond motifs is 1. The van der Waals surface area contributed by atoms with E-state index in [1.807, 2.05) is 0 Å². The summed E-state index contributed by atoms with van der Waals surface area (Å²) in [6.45, 7) is 0.545. The van der Waals surface area contributed by atoms with E-state index in [0.29, 0.717) is 30.5 Å². The lowest BCUT2D eigenvalue weighted by atomic mass is 10.2. The molecular weight excluding hydrogens is 256 g/mol. The molecule has 2 aromatic rings. The summed E-state index contributed by atoms with van der Waals surface area (Å²) in [7, 11) is 0. The number of anilines is 1. The molecule has 0 aromatic carbocycles. The Morgan fingerprint density at radius 3 is 3.00 bits per heavy atom. The van der Waals surface area contributed by atoms with Crippen molar-refractivity contribution in [3.05, 3.63) is 12.7 Å². The van der Waals surface area contributed by atoms with Crippen LogP contribution in [0.5, 0.6) is 0 Å². The molecule has 7 heteroatoms. The molecule has 2 aromatic heterocycles. The van der Waals surface area contributed by atoms with Crippen LogP contribution >= 0.6 is 0 Å². The highest BCUT2D eigenvalue weighted by molar-refractivity contribution is 5.82. The molecule has 1 aliphatic rings. The molecule has 1 fully saturated rings. The third kappa shape index (κ3) is 2.87. The standard InChI is InChI=1S/C13H18N6O/c20-10(19-9-3-1-2-4-9)5-6-14-12-11-13(16-7-15-11)18-8-17-12/h7-9H,1-6H2,(H,19,20)(H2,14,15,16,17,18). The number of nitrogens with one attached hydrogen (secondary N) is 3. The second kappa shape index (κ2) is 5.85. The SMILES string of the molecule is O=C(CCNc1ncnc2nc[nH]c12)NC1CCCC1. The maximum atomic E-state index is 11.8. The maximum absolute atomic E-state index is 11.8. The molecule has 0 spiro atoms. The predicted octanol–water partition coefficient (Wildman–Crippen LogP) is 1.21. The maximum Gasteiger partial charge on any atom is 0.221 e. The van der Waals surface area contributed by atoms with Crippen molar-refractivity contribution in [1.82, 2.24) is 25.3 Å². The number of amides is 1. The number of imidazole rings is 1. The molecule has 2 heterocycles. The molecule has 0 unspecified atom stereocenters. The largest absolute Gasteiger partial charge is 0.368 e. The molecule has 106 valence electrons. The summed E-state index contributed by atoms with van der Waals surface area (Å²) in [6.07, 6.45) is 8.15. The van der Waals surface area contributed by atoms with E-state index in [-0.39, 0.29) is 5.91 Å². The first-order valence-corrected chi connectivity index (χ1v) is 7.00. The highest BCUT2D eigenvalue weighted by Gasteiger charge is 2.16. The third-order valence-electron chi connectivity index (χ3n) is 3.59. The van der Waals surface area contributed by atoms with Gasteiger partial charge in [0.2, 0.25) is 5.91 Å². The summed E-state index contributed by atoms with van der Waals surface area (Å²) in [6, 6.07) is 0.376. The van der Waals surface area contributed by atoms with Gasteiger partial charge in [0.1, 0.15) is 11.8 Å². The summed E-state index contributed by atoms with van der Waals surface area (Å²) in [5, 5.41) is 6.21. The van der Waals surface area contributed by atoms with Crippen LogP contribution in [0.2, 0.25) is 0 Å². The molecule has 0 radical (unpaired) electrons. The number of carbonyl (C=O) groups is 1. The van der Waals surface area contributed by atoms with Crippen LogP contribution in [0.3, 0.4) is 0 Å². The van der Waals surface area contributed by atoms with Gasteiger partial charge in [-0.05, 0) is 12.8 Å². The highest BCUT2D eigenvalue weighted by atomic mass is 16.1. The summed E-state index contributed by atoms with van der Waals surface area (Å²) in [4.78, 5) is 27.0. The minimum Gasteiger partial charge on any atom is -0.368 e. The Hall–Kier alpha value is -2.18. The molecule has 0 atom stereocenters. The fourth-order valence-electron chi connectivity index (χ4n) is 2.56. The van der Waals surface area contributed by atoms with Crippen molar-refractivity contribution in [1.29, 1.82) is 0 Å². The zero-order chi connectivity index (χ0) is 13.8. The molecule has 3 rings (SSSR count). The lowest BCUT2D eigenvalue weighted by Gasteiger charge is -2.12. The fraction of sp³-hybridized carbons (Fsp3) is 0.538. The monoisotopic (exact) mass is 274 g/mol. The van der Waals surface area contributed by atoms with E-state index in [0.717, 1.165) is 18.4 Å². The zero-order valence-corrected chi connectivity index (χ0v) is 11.2. The van der Waals surface area contributed by atoms with Gasteiger partial charge in [0.15, 0.2) is 11.5 Å². The average Bonchev–Trinajstić information content (AvgIpc) is 3.09. The minimum atomic E-state index is 0.0966. The Morgan fingerprint density at radius 2 is 2.15 bits per heavy atom. The topological polar surface area (TPSA) is 95.6 Å². The lowest BCUT2D eigenvalue weighted by Crippen LogP contribution is -2.33. The van der Waals surface area contributed by atoms with E-state index in [1.54, 1.807) is 6.33 Å². The number of hydrogen-bond acceptors (Lipinski definition) is 5. The molecular formula is C13H18N6O. The number of hydrogen-bond donors (Lipinski definition) is 3. The smallest absolute Gasteiger partial charge is 0.221 e. The van der Waals surface area contributed by atoms with E-state index in [2.05, 4.69) is 30.6 Å². The van der Waals surface area contributed by atoms with Gasteiger partial charge in [-0.1, -0.05) is 12.8 Å². The molecule has 7 nitrogen and oxygen atoms in total. The summed E-state index contributed by atoms with van der Waals surface area (Å²) in [5.41, 5.74) is 1.39. The van der Waals surface area contributed by atoms with E-state index in [1.165, 1.54) is 19.2 Å². The Bertz CT molecular complexity index is 589. The van der Waals surface area contributed by atoms with Gasteiger partial charge in [0.05, 0.1) is 6.33 Å². The van der Waals surface area contributed by atoms with Gasteiger partial charge in [-0.25, -0.2) is 15.0 Å². The van der Waals surface area contributed by atoms with E-state index >= 15 is 0 Å². The minimum absolute atomic E-state index is 0.0966. The van der Waals surface area contributed by atoms with Crippen molar-refractivity contribution in [3.8, 4) is 0 Å². The van der Waals surface area contributed by atoms with Gasteiger partial charge >= 0.3 is 0 Å². The second-order valence-corrected chi connectivity index (χ2v) is 5.05. The van der Waals surface area contributed by atoms with Crippen LogP contribution < -0.4 is 10.6 Å². The number of carbonyl (C=O) groups excluding carboxylic acids is 1. The van der Waals surface area contributed by atoms with Crippen LogP contribution in [0, 0.1) is 0 Å². The molecule has 0 saturated heterocycles. The van der Waals surface area contributed by atoms with Crippen LogP contribution in [0.25, 0.3) is 11.2 Å². The first-order chi connectivity index (χ1) is 9.83. The van der Waals surface area contributed by atoms with Gasteiger partial charge in [-0.15, -0.1) is 0 Å². The van der Waals surface area contributed by atoms with Crippen molar-refractivity contribution in [3.63, 3.8) is 0 Å². The molecule has 3 N–H and O–H groups in total. The van der Waals surface area contributed by atoms with Gasteiger partial charge in [-0.2, -0.15) is 0 Å². The normalized spacial score (nSPS) is 15.6. The van der Waals surface area contributed by atoms with Crippen LogP contribution in [-0.2, 0) is 4.79 Å². The molecule has 0 aliphatic heterocycles. The van der Waals surface area contributed by atoms with Crippen molar-refractivity contribution < 1.29 is 4.79 Å². The van der Waals surface area contributed by atoms with Crippen molar-refractivity contribution in [2.24, 2.45) is 0 Å². The van der Waals surface area contributed by atoms with Gasteiger partial charge in [0, 0.05) is 19.0 Å². The quantitative estimate of drug-likeness (QED) is 0.761. The Kier molecular flexibility index (Phi) is 3.76. The number of aromatic nitrogens is 4. The van der Waals surface area contributed by atoms with E-state index in [9.17, 15) is 4.79 Å². The van der Waals surface area contributed by atoms with Gasteiger partial charge in [-0.3, -0.25) is 4.79 Å². The van der Waals surface area contributed by atoms with E-state index in [4.69, 9.17) is 0 Å². The highest BCUT2D eigenvalue weighted by Crippen LogP contribution is 2.17. The number of aromatic amines is 1. The Balaban J connectivity index is 1.49. The van der Waals surface area contributed by atoms with Crippen LogP contribution in [0.4, 0.5) is 5.82 Å². The number of nitrogens with zero attached hydrogens (tertiary/aromatic N) is 3. The number of H-pyrrole nitrogens is 1. The second-order valence-electron chi connectivity index (χ2n) is 5.05. The molecule has 1 saturated carbocycles. The van der Waals surface area contributed by atoms with Crippen LogP contribution in [-0.4, -0.2) is 38.4 Å². The number of rotatable bonds is 5. The molecule has 0 bridgehead atoms. The van der Waals surface area contributed by atoms with Gasteiger partial charge in [0.25, 0.3) is 0 Å².